The van der Waals surface area contributed by atoms with Crippen LogP contribution in [0.4, 0.5) is 20.3 Å². The topological polar surface area (TPSA) is 256 Å². The van der Waals surface area contributed by atoms with Crippen molar-refractivity contribution in [3.63, 3.8) is 0 Å². The molecule has 0 spiro atoms. The number of nitrogens with one attached hydrogen (secondary N) is 4. The molecule has 416 valence electrons. The van der Waals surface area contributed by atoms with Gasteiger partial charge in [-0.15, -0.1) is 11.3 Å². The highest BCUT2D eigenvalue weighted by atomic mass is 32.2. The number of halogens is 2. The predicted molar refractivity (Wildman–Crippen MR) is 289 cm³/mol. The average molecular weight is 1120 g/mol. The number of anilines is 2. The molecule has 2 aromatic carbocycles. The van der Waals surface area contributed by atoms with Crippen LogP contribution in [0.3, 0.4) is 0 Å². The lowest BCUT2D eigenvalue weighted by Crippen LogP contribution is -2.58. The number of thiazole rings is 1. The number of hydrogen-bond donors (Lipinski definition) is 5. The minimum Gasteiger partial charge on any atom is -0.391 e. The van der Waals surface area contributed by atoms with Crippen LogP contribution in [0.1, 0.15) is 72.9 Å². The molecule has 6 aromatic rings. The van der Waals surface area contributed by atoms with Crippen molar-refractivity contribution in [1.82, 2.24) is 40.4 Å². The summed E-state index contributed by atoms with van der Waals surface area (Å²) < 4.78 is 73.3. The first-order valence-corrected chi connectivity index (χ1v) is 28.2. The molecule has 5 N–H and O–H groups in total. The molecule has 4 amide bonds. The number of ether oxygens (including phenoxy) is 3. The zero-order chi connectivity index (χ0) is 56.2. The van der Waals surface area contributed by atoms with E-state index in [1.807, 2.05) is 38.1 Å². The van der Waals surface area contributed by atoms with Gasteiger partial charge in [0, 0.05) is 73.4 Å². The minimum atomic E-state index is -3.72. The molecule has 8 rings (SSSR count). The monoisotopic (exact) mass is 1120 g/mol. The number of aromatic nitrogens is 4. The summed E-state index contributed by atoms with van der Waals surface area (Å²) in [6, 6.07) is 9.07. The van der Waals surface area contributed by atoms with Crippen LogP contribution in [0, 0.1) is 24.0 Å². The number of carbonyl (C=O) groups excluding carboxylic acids is 4. The molecule has 0 bridgehead atoms. The van der Waals surface area contributed by atoms with Gasteiger partial charge >= 0.3 is 0 Å². The van der Waals surface area contributed by atoms with Gasteiger partial charge in [0.25, 0.3) is 11.5 Å². The first-order valence-electron chi connectivity index (χ1n) is 25.2. The number of aliphatic hydroxyl groups excluding tert-OH is 1. The van der Waals surface area contributed by atoms with Gasteiger partial charge in [-0.3, -0.25) is 24.0 Å². The van der Waals surface area contributed by atoms with Gasteiger partial charge < -0.3 is 54.6 Å². The van der Waals surface area contributed by atoms with Crippen molar-refractivity contribution in [3.8, 4) is 21.6 Å². The lowest BCUT2D eigenvalue weighted by Gasteiger charge is -2.35. The van der Waals surface area contributed by atoms with E-state index in [1.54, 1.807) is 57.1 Å². The lowest BCUT2D eigenvalue weighted by atomic mass is 9.85. The van der Waals surface area contributed by atoms with E-state index in [0.29, 0.717) is 28.1 Å². The third-order valence-electron chi connectivity index (χ3n) is 13.5. The largest absolute Gasteiger partial charge is 0.391 e. The zero-order valence-electron chi connectivity index (χ0n) is 44.3. The maximum atomic E-state index is 15.5. The lowest BCUT2D eigenvalue weighted by molar-refractivity contribution is -0.144. The summed E-state index contributed by atoms with van der Waals surface area (Å²) in [6.45, 7) is 9.07. The number of pyridine rings is 2. The number of benzene rings is 2. The van der Waals surface area contributed by atoms with E-state index in [0.717, 1.165) is 34.2 Å². The van der Waals surface area contributed by atoms with Gasteiger partial charge in [-0.1, -0.05) is 45.0 Å². The molecule has 6 heterocycles. The number of sulfone groups is 1. The van der Waals surface area contributed by atoms with Crippen LogP contribution in [0.5, 0.6) is 0 Å². The number of rotatable bonds is 21. The van der Waals surface area contributed by atoms with E-state index in [1.165, 1.54) is 26.5 Å². The molecule has 1 saturated heterocycles. The highest BCUT2D eigenvalue weighted by Gasteiger charge is 2.45. The first-order chi connectivity index (χ1) is 37.0. The standard InChI is InChI=1S/C54H63F2N9O11S2/c1-30(32-8-10-33(11-9-32)47-31(2)60-29-77-47)61-51(69)43-20-37(66)25-65(43)53(71)48(54(3,4)5)62-44(67)27-76-17-16-75-15-14-74-13-12-57-50(68)38-21-42-39(18-34(38)28-78(7,72)73)40-26-63(6)52(70)46-45(40)35(22-58-46)24-64(42)49-41(56)19-36(55)23-59-49/h8-11,18-19,21-23,26,29-30,37,43,48,58,66H,12-17,20,24-25,27-28H2,1-7H3,(H,57,68)(H,61,69)(H,62,67)/t30-,37+,43-,48+/m0/s1. The molecule has 0 aliphatic carbocycles. The van der Waals surface area contributed by atoms with Crippen molar-refractivity contribution in [1.29, 1.82) is 0 Å². The first kappa shape index (κ1) is 57.2. The molecule has 78 heavy (non-hydrogen) atoms. The van der Waals surface area contributed by atoms with Crippen molar-refractivity contribution in [2.24, 2.45) is 12.5 Å². The molecule has 4 aromatic heterocycles. The molecule has 4 atom stereocenters. The van der Waals surface area contributed by atoms with Crippen LogP contribution in [0.15, 0.2) is 71.4 Å². The van der Waals surface area contributed by atoms with Gasteiger partial charge in [0.15, 0.2) is 21.5 Å². The van der Waals surface area contributed by atoms with Gasteiger partial charge in [0.05, 0.1) is 85.4 Å². The quantitative estimate of drug-likeness (QED) is 0.0596. The van der Waals surface area contributed by atoms with E-state index in [2.05, 4.69) is 30.9 Å². The Kier molecular flexibility index (Phi) is 17.6. The maximum Gasteiger partial charge on any atom is 0.274 e. The van der Waals surface area contributed by atoms with Crippen LogP contribution >= 0.6 is 11.3 Å². The number of likely N-dealkylation sites (tertiary alicyclic amines) is 1. The molecule has 2 aliphatic heterocycles. The molecule has 1 fully saturated rings. The normalized spacial score (nSPS) is 16.2. The van der Waals surface area contributed by atoms with Gasteiger partial charge in [0.1, 0.15) is 30.0 Å². The average Bonchev–Trinajstić information content (AvgIpc) is 4.32. The van der Waals surface area contributed by atoms with E-state index in [-0.39, 0.29) is 99.4 Å². The number of β-amino-alcohol motifs (C(OH)–C–C–N with tert-alkyl or cyclic N) is 1. The summed E-state index contributed by atoms with van der Waals surface area (Å²) in [5.41, 5.74) is 5.63. The number of nitrogens with zero attached hydrogens (tertiary/aromatic N) is 5. The fraction of sp³-hybridized carbons (Fsp3) is 0.426. The Balaban J connectivity index is 0.799. The van der Waals surface area contributed by atoms with Crippen LogP contribution in [-0.2, 0) is 57.8 Å². The molecule has 0 radical (unpaired) electrons. The molecule has 24 heteroatoms. The number of amides is 4. The van der Waals surface area contributed by atoms with Crippen molar-refractivity contribution < 1.29 is 55.7 Å². The van der Waals surface area contributed by atoms with Crippen LogP contribution in [0.2, 0.25) is 0 Å². The third-order valence-corrected chi connectivity index (χ3v) is 15.3. The summed E-state index contributed by atoms with van der Waals surface area (Å²) in [5.74, 6) is -4.81. The summed E-state index contributed by atoms with van der Waals surface area (Å²) in [4.78, 5) is 83.1. The Morgan fingerprint density at radius 1 is 0.974 bits per heavy atom. The maximum absolute atomic E-state index is 15.5. The van der Waals surface area contributed by atoms with Crippen LogP contribution < -0.4 is 26.4 Å². The Morgan fingerprint density at radius 2 is 1.68 bits per heavy atom. The van der Waals surface area contributed by atoms with Crippen molar-refractivity contribution in [2.75, 3.05) is 63.9 Å². The number of H-pyrrole nitrogens is 1. The van der Waals surface area contributed by atoms with Crippen molar-refractivity contribution in [3.05, 3.63) is 117 Å². The number of aliphatic hydroxyl groups is 1. The SMILES string of the molecule is Cc1ncsc1-c1ccc([C@H](C)NC(=O)[C@@H]2C[C@@H](O)CN2C(=O)[C@@H](NC(=O)COCCOCCOCCNC(=O)c2cc3c(cc2CS(C)(=O)=O)-c2cn(C)c(=O)c4[nH]cc(c24)CN3c2ncc(F)cc2F)C(C)(C)C)cc1. The van der Waals surface area contributed by atoms with Crippen LogP contribution in [0.25, 0.3) is 32.5 Å². The minimum absolute atomic E-state index is 0.00467. The Bertz CT molecular complexity index is 3400. The van der Waals surface area contributed by atoms with E-state index in [9.17, 15) is 41.9 Å². The number of carbonyl (C=O) groups is 4. The second-order valence-corrected chi connectivity index (χ2v) is 23.6. The summed E-state index contributed by atoms with van der Waals surface area (Å²) in [7, 11) is -2.16. The molecule has 0 unspecified atom stereocenters. The van der Waals surface area contributed by atoms with Gasteiger partial charge in [0.2, 0.25) is 17.7 Å². The number of hydrogen-bond acceptors (Lipinski definition) is 15. The Morgan fingerprint density at radius 3 is 2.35 bits per heavy atom. The fourth-order valence-corrected chi connectivity index (χ4v) is 11.3. The number of fused-ring (bicyclic) bond motifs is 2. The van der Waals surface area contributed by atoms with E-state index >= 15 is 4.39 Å². The smallest absolute Gasteiger partial charge is 0.274 e. The van der Waals surface area contributed by atoms with E-state index < -0.39 is 80.5 Å². The Labute approximate surface area is 453 Å². The Hall–Kier alpha value is -6.96. The van der Waals surface area contributed by atoms with Gasteiger partial charge in [-0.2, -0.15) is 0 Å². The van der Waals surface area contributed by atoms with Crippen molar-refractivity contribution in [2.45, 2.75) is 77.6 Å². The number of aryl methyl sites for hydroxylation is 2. The predicted octanol–water partition coefficient (Wildman–Crippen LogP) is 4.98. The van der Waals surface area contributed by atoms with Crippen LogP contribution in [-0.4, -0.2) is 139 Å². The highest BCUT2D eigenvalue weighted by Crippen LogP contribution is 2.45. The van der Waals surface area contributed by atoms with Gasteiger partial charge in [-0.05, 0) is 53.6 Å². The highest BCUT2D eigenvalue weighted by molar-refractivity contribution is 7.89. The molecule has 2 aliphatic rings. The van der Waals surface area contributed by atoms with Crippen molar-refractivity contribution >= 4 is 67.2 Å². The second-order valence-electron chi connectivity index (χ2n) is 20.6. The fourth-order valence-electron chi connectivity index (χ4n) is 9.65. The zero-order valence-corrected chi connectivity index (χ0v) is 45.9. The van der Waals surface area contributed by atoms with Gasteiger partial charge in [-0.25, -0.2) is 27.2 Å². The van der Waals surface area contributed by atoms with E-state index in [4.69, 9.17) is 14.2 Å². The number of aromatic amines is 1. The summed E-state index contributed by atoms with van der Waals surface area (Å²) >= 11 is 1.55. The molecule has 0 saturated carbocycles. The summed E-state index contributed by atoms with van der Waals surface area (Å²) in [6.07, 6.45) is 4.19. The second kappa shape index (κ2) is 24.0. The molecular weight excluding hydrogens is 1050 g/mol. The third kappa shape index (κ3) is 13.1. The molecular formula is C54H63F2N9O11S2. The molecule has 20 nitrogen and oxygen atoms in total. The summed E-state index contributed by atoms with van der Waals surface area (Å²) in [5, 5.41) is 19.7.